The van der Waals surface area contributed by atoms with Crippen LogP contribution in [0.4, 0.5) is 4.79 Å². The molecule has 1 fully saturated rings. The van der Waals surface area contributed by atoms with Crippen molar-refractivity contribution in [2.75, 3.05) is 33.2 Å². The van der Waals surface area contributed by atoms with E-state index >= 15 is 0 Å². The van der Waals surface area contributed by atoms with Crippen LogP contribution in [0.1, 0.15) is 19.4 Å². The Morgan fingerprint density at radius 1 is 1.38 bits per heavy atom. The van der Waals surface area contributed by atoms with E-state index in [0.717, 1.165) is 12.1 Å². The molecule has 0 radical (unpaired) electrons. The molecule has 2 rings (SSSR count). The standard InChI is InChI=1S/C14H23N5O2/c1-4-17(9-12-8-15-19(5-2)10-12)13(20)11-18-7-6-16(3)14(18)21/h8,10H,4-7,9,11H2,1-3H3. The molecular formula is C14H23N5O2. The predicted octanol–water partition coefficient (Wildman–Crippen LogP) is 0.619. The van der Waals surface area contributed by atoms with Gasteiger partial charge in [0.25, 0.3) is 0 Å². The van der Waals surface area contributed by atoms with E-state index in [-0.39, 0.29) is 18.5 Å². The molecule has 2 heterocycles. The lowest BCUT2D eigenvalue weighted by Crippen LogP contribution is -2.41. The quantitative estimate of drug-likeness (QED) is 0.772. The first-order valence-corrected chi connectivity index (χ1v) is 7.34. The van der Waals surface area contributed by atoms with Crippen molar-refractivity contribution in [3.8, 4) is 0 Å². The van der Waals surface area contributed by atoms with Crippen molar-refractivity contribution in [1.82, 2.24) is 24.5 Å². The second-order valence-corrected chi connectivity index (χ2v) is 5.24. The van der Waals surface area contributed by atoms with Gasteiger partial charge in [-0.05, 0) is 13.8 Å². The van der Waals surface area contributed by atoms with E-state index in [1.165, 1.54) is 0 Å². The van der Waals surface area contributed by atoms with Crippen molar-refractivity contribution in [2.24, 2.45) is 0 Å². The maximum absolute atomic E-state index is 12.3. The normalized spacial score (nSPS) is 14.9. The maximum atomic E-state index is 12.3. The molecule has 7 nitrogen and oxygen atoms in total. The van der Waals surface area contributed by atoms with Crippen LogP contribution in [-0.2, 0) is 17.9 Å². The summed E-state index contributed by atoms with van der Waals surface area (Å²) in [6.07, 6.45) is 3.74. The van der Waals surface area contributed by atoms with Crippen molar-refractivity contribution in [1.29, 1.82) is 0 Å². The lowest BCUT2D eigenvalue weighted by Gasteiger charge is -2.23. The van der Waals surface area contributed by atoms with Crippen LogP contribution in [0.15, 0.2) is 12.4 Å². The molecule has 0 saturated carbocycles. The molecule has 0 atom stereocenters. The van der Waals surface area contributed by atoms with E-state index in [9.17, 15) is 9.59 Å². The van der Waals surface area contributed by atoms with Gasteiger partial charge in [0.1, 0.15) is 6.54 Å². The van der Waals surface area contributed by atoms with Gasteiger partial charge in [0.05, 0.1) is 6.20 Å². The van der Waals surface area contributed by atoms with E-state index in [1.807, 2.05) is 24.7 Å². The Morgan fingerprint density at radius 3 is 2.67 bits per heavy atom. The van der Waals surface area contributed by atoms with Crippen molar-refractivity contribution in [2.45, 2.75) is 26.9 Å². The van der Waals surface area contributed by atoms with Crippen LogP contribution >= 0.6 is 0 Å². The summed E-state index contributed by atoms with van der Waals surface area (Å²) in [7, 11) is 1.75. The molecule has 7 heteroatoms. The number of rotatable bonds is 6. The first-order chi connectivity index (χ1) is 10.0. The third-order valence-electron chi connectivity index (χ3n) is 3.75. The van der Waals surface area contributed by atoms with Gasteiger partial charge in [-0.1, -0.05) is 0 Å². The second kappa shape index (κ2) is 6.60. The minimum Gasteiger partial charge on any atom is -0.337 e. The number of aromatic nitrogens is 2. The van der Waals surface area contributed by atoms with Gasteiger partial charge < -0.3 is 14.7 Å². The van der Waals surface area contributed by atoms with Gasteiger partial charge in [0.2, 0.25) is 5.91 Å². The highest BCUT2D eigenvalue weighted by Gasteiger charge is 2.28. The molecule has 21 heavy (non-hydrogen) atoms. The maximum Gasteiger partial charge on any atom is 0.320 e. The number of hydrogen-bond acceptors (Lipinski definition) is 3. The summed E-state index contributed by atoms with van der Waals surface area (Å²) >= 11 is 0. The molecule has 116 valence electrons. The number of hydrogen-bond donors (Lipinski definition) is 0. The summed E-state index contributed by atoms with van der Waals surface area (Å²) in [5.74, 6) is -0.0228. The highest BCUT2D eigenvalue weighted by Crippen LogP contribution is 2.09. The SMILES string of the molecule is CCN(Cc1cnn(CC)c1)C(=O)CN1CCN(C)C1=O. The summed E-state index contributed by atoms with van der Waals surface area (Å²) < 4.78 is 1.84. The van der Waals surface area contributed by atoms with E-state index in [1.54, 1.807) is 27.9 Å². The first kappa shape index (κ1) is 15.3. The smallest absolute Gasteiger partial charge is 0.320 e. The van der Waals surface area contributed by atoms with Crippen LogP contribution in [0.3, 0.4) is 0 Å². The van der Waals surface area contributed by atoms with Crippen LogP contribution < -0.4 is 0 Å². The molecule has 1 aliphatic heterocycles. The predicted molar refractivity (Wildman–Crippen MR) is 78.6 cm³/mol. The number of nitrogens with zero attached hydrogens (tertiary/aromatic N) is 5. The number of carbonyl (C=O) groups is 2. The Balaban J connectivity index is 1.93. The molecule has 0 aliphatic carbocycles. The minimum absolute atomic E-state index is 0.0228. The molecule has 0 unspecified atom stereocenters. The number of likely N-dealkylation sites (N-methyl/N-ethyl adjacent to an activating group) is 2. The van der Waals surface area contributed by atoms with Gasteiger partial charge in [-0.15, -0.1) is 0 Å². The van der Waals surface area contributed by atoms with Gasteiger partial charge in [-0.2, -0.15) is 5.10 Å². The molecule has 1 aromatic rings. The largest absolute Gasteiger partial charge is 0.337 e. The van der Waals surface area contributed by atoms with E-state index in [0.29, 0.717) is 26.2 Å². The molecule has 3 amide bonds. The van der Waals surface area contributed by atoms with Gasteiger partial charge in [0.15, 0.2) is 0 Å². The fraction of sp³-hybridized carbons (Fsp3) is 0.643. The monoisotopic (exact) mass is 293 g/mol. The number of aryl methyl sites for hydroxylation is 1. The summed E-state index contributed by atoms with van der Waals surface area (Å²) in [6, 6.07) is -0.0711. The zero-order valence-corrected chi connectivity index (χ0v) is 12.9. The molecule has 1 aromatic heterocycles. The van der Waals surface area contributed by atoms with Crippen LogP contribution in [0.5, 0.6) is 0 Å². The van der Waals surface area contributed by atoms with Crippen LogP contribution in [0.25, 0.3) is 0 Å². The molecule has 0 N–H and O–H groups in total. The summed E-state index contributed by atoms with van der Waals surface area (Å²) in [5, 5.41) is 4.21. The van der Waals surface area contributed by atoms with Crippen molar-refractivity contribution >= 4 is 11.9 Å². The summed E-state index contributed by atoms with van der Waals surface area (Å²) in [4.78, 5) is 29.2. The average Bonchev–Trinajstić information content (AvgIpc) is 3.06. The average molecular weight is 293 g/mol. The van der Waals surface area contributed by atoms with E-state index in [4.69, 9.17) is 0 Å². The Labute approximate surface area is 125 Å². The number of carbonyl (C=O) groups excluding carboxylic acids is 2. The Kier molecular flexibility index (Phi) is 4.82. The van der Waals surface area contributed by atoms with Crippen molar-refractivity contribution in [3.05, 3.63) is 18.0 Å². The highest BCUT2D eigenvalue weighted by atomic mass is 16.2. The van der Waals surface area contributed by atoms with E-state index in [2.05, 4.69) is 5.10 Å². The zero-order valence-electron chi connectivity index (χ0n) is 12.9. The van der Waals surface area contributed by atoms with Crippen LogP contribution in [-0.4, -0.2) is 69.6 Å². The van der Waals surface area contributed by atoms with Gasteiger partial charge in [-0.3, -0.25) is 9.48 Å². The van der Waals surface area contributed by atoms with Gasteiger partial charge >= 0.3 is 6.03 Å². The van der Waals surface area contributed by atoms with Crippen LogP contribution in [0, 0.1) is 0 Å². The molecule has 1 saturated heterocycles. The Hall–Kier alpha value is -2.05. The number of urea groups is 1. The Bertz CT molecular complexity index is 513. The molecule has 0 bridgehead atoms. The summed E-state index contributed by atoms with van der Waals surface area (Å²) in [6.45, 7) is 7.39. The van der Waals surface area contributed by atoms with Gasteiger partial charge in [0, 0.05) is 51.5 Å². The third kappa shape index (κ3) is 3.53. The molecule has 0 spiro atoms. The highest BCUT2D eigenvalue weighted by molar-refractivity contribution is 5.85. The lowest BCUT2D eigenvalue weighted by molar-refractivity contribution is -0.132. The fourth-order valence-corrected chi connectivity index (χ4v) is 2.37. The van der Waals surface area contributed by atoms with Crippen molar-refractivity contribution in [3.63, 3.8) is 0 Å². The fourth-order valence-electron chi connectivity index (χ4n) is 2.37. The van der Waals surface area contributed by atoms with Gasteiger partial charge in [-0.25, -0.2) is 4.79 Å². The van der Waals surface area contributed by atoms with Crippen molar-refractivity contribution < 1.29 is 9.59 Å². The zero-order chi connectivity index (χ0) is 15.4. The molecule has 0 aromatic carbocycles. The molecule has 1 aliphatic rings. The Morgan fingerprint density at radius 2 is 2.14 bits per heavy atom. The first-order valence-electron chi connectivity index (χ1n) is 7.34. The summed E-state index contributed by atoms with van der Waals surface area (Å²) in [5.41, 5.74) is 1.01. The third-order valence-corrected chi connectivity index (χ3v) is 3.75. The second-order valence-electron chi connectivity index (χ2n) is 5.24. The van der Waals surface area contributed by atoms with E-state index < -0.39 is 0 Å². The van der Waals surface area contributed by atoms with Crippen LogP contribution in [0.2, 0.25) is 0 Å². The lowest BCUT2D eigenvalue weighted by atomic mass is 10.3. The minimum atomic E-state index is -0.0711. The topological polar surface area (TPSA) is 61.7 Å². The number of amides is 3. The molecular weight excluding hydrogens is 270 g/mol.